The third-order valence-electron chi connectivity index (χ3n) is 2.68. The molecule has 90 valence electrons. The van der Waals surface area contributed by atoms with Crippen molar-refractivity contribution in [1.82, 2.24) is 0 Å². The van der Waals surface area contributed by atoms with Gasteiger partial charge in [-0.1, -0.05) is 24.3 Å². The Morgan fingerprint density at radius 1 is 1.25 bits per heavy atom. The summed E-state index contributed by atoms with van der Waals surface area (Å²) in [4.78, 5) is 4.58. The van der Waals surface area contributed by atoms with Gasteiger partial charge in [-0.2, -0.15) is 0 Å². The van der Waals surface area contributed by atoms with Crippen molar-refractivity contribution in [2.75, 3.05) is 13.7 Å². The maximum absolute atomic E-state index is 5.42. The molecule has 0 atom stereocenters. The zero-order chi connectivity index (χ0) is 12.0. The third kappa shape index (κ3) is 4.31. The Bertz CT molecular complexity index is 323. The van der Waals surface area contributed by atoms with Crippen LogP contribution in [-0.2, 0) is 22.4 Å². The van der Waals surface area contributed by atoms with E-state index in [1.165, 1.54) is 11.1 Å². The topological polar surface area (TPSA) is 44.5 Å². The lowest BCUT2D eigenvalue weighted by atomic mass is 9.96. The molecule has 2 N–H and O–H groups in total. The molecule has 16 heavy (non-hydrogen) atoms. The molecule has 0 spiro atoms. The summed E-state index contributed by atoms with van der Waals surface area (Å²) in [6.45, 7) is 4.72. The first kappa shape index (κ1) is 13.2. The predicted octanol–water partition coefficient (Wildman–Crippen LogP) is 2.09. The van der Waals surface area contributed by atoms with Crippen molar-refractivity contribution in [2.24, 2.45) is 5.90 Å². The summed E-state index contributed by atoms with van der Waals surface area (Å²) in [5.74, 6) is 5.02. The molecular weight excluding hydrogens is 202 g/mol. The summed E-state index contributed by atoms with van der Waals surface area (Å²) >= 11 is 0. The molecule has 0 aromatic heterocycles. The number of hydrogen-bond donors (Lipinski definition) is 1. The number of benzene rings is 1. The number of hydrogen-bond acceptors (Lipinski definition) is 3. The minimum Gasteiger partial charge on any atom is -0.378 e. The molecule has 0 fully saturated rings. The van der Waals surface area contributed by atoms with Crippen LogP contribution in [0.3, 0.4) is 0 Å². The molecule has 0 heterocycles. The van der Waals surface area contributed by atoms with Crippen LogP contribution in [0, 0.1) is 0 Å². The number of nitrogens with two attached hydrogens (primary N) is 1. The maximum Gasteiger partial charge on any atom is 0.0719 e. The first-order chi connectivity index (χ1) is 7.57. The SMILES string of the molecule is COC(C)(C)Cc1cccc(CCON)c1. The Morgan fingerprint density at radius 2 is 1.94 bits per heavy atom. The second-order valence-electron chi connectivity index (χ2n) is 4.58. The highest BCUT2D eigenvalue weighted by Crippen LogP contribution is 2.17. The summed E-state index contributed by atoms with van der Waals surface area (Å²) in [6.07, 6.45) is 1.75. The van der Waals surface area contributed by atoms with Gasteiger partial charge in [0, 0.05) is 13.5 Å². The lowest BCUT2D eigenvalue weighted by Crippen LogP contribution is -2.25. The number of methoxy groups -OCH3 is 1. The zero-order valence-electron chi connectivity index (χ0n) is 10.3. The van der Waals surface area contributed by atoms with E-state index in [2.05, 4.69) is 43.0 Å². The molecule has 0 unspecified atom stereocenters. The fraction of sp³-hybridized carbons (Fsp3) is 0.538. The first-order valence-electron chi connectivity index (χ1n) is 5.52. The maximum atomic E-state index is 5.42. The van der Waals surface area contributed by atoms with Crippen molar-refractivity contribution in [1.29, 1.82) is 0 Å². The van der Waals surface area contributed by atoms with E-state index in [1.54, 1.807) is 7.11 Å². The Balaban J connectivity index is 2.67. The smallest absolute Gasteiger partial charge is 0.0719 e. The van der Waals surface area contributed by atoms with Crippen LogP contribution >= 0.6 is 0 Å². The lowest BCUT2D eigenvalue weighted by molar-refractivity contribution is 0.0232. The van der Waals surface area contributed by atoms with Crippen molar-refractivity contribution in [3.63, 3.8) is 0 Å². The lowest BCUT2D eigenvalue weighted by Gasteiger charge is -2.23. The molecule has 0 radical (unpaired) electrons. The van der Waals surface area contributed by atoms with Crippen LogP contribution in [0.5, 0.6) is 0 Å². The van der Waals surface area contributed by atoms with Gasteiger partial charge >= 0.3 is 0 Å². The fourth-order valence-electron chi connectivity index (χ4n) is 1.64. The van der Waals surface area contributed by atoms with Crippen LogP contribution in [0.4, 0.5) is 0 Å². The van der Waals surface area contributed by atoms with E-state index in [9.17, 15) is 0 Å². The molecule has 0 amide bonds. The zero-order valence-corrected chi connectivity index (χ0v) is 10.3. The minimum atomic E-state index is -0.122. The molecular formula is C13H21NO2. The molecule has 0 saturated carbocycles. The van der Waals surface area contributed by atoms with Gasteiger partial charge in [-0.3, -0.25) is 0 Å². The monoisotopic (exact) mass is 223 g/mol. The molecule has 0 aliphatic carbocycles. The van der Waals surface area contributed by atoms with Crippen molar-refractivity contribution < 1.29 is 9.57 Å². The van der Waals surface area contributed by atoms with E-state index in [0.717, 1.165) is 12.8 Å². The molecule has 0 saturated heterocycles. The Labute approximate surface area is 97.5 Å². The first-order valence-corrected chi connectivity index (χ1v) is 5.52. The van der Waals surface area contributed by atoms with Crippen LogP contribution in [0.25, 0.3) is 0 Å². The van der Waals surface area contributed by atoms with Gasteiger partial charge in [-0.05, 0) is 31.4 Å². The summed E-state index contributed by atoms with van der Waals surface area (Å²) in [7, 11) is 1.74. The highest BCUT2D eigenvalue weighted by Gasteiger charge is 2.16. The summed E-state index contributed by atoms with van der Waals surface area (Å²) in [5.41, 5.74) is 2.40. The third-order valence-corrected chi connectivity index (χ3v) is 2.68. The van der Waals surface area contributed by atoms with Gasteiger partial charge in [0.1, 0.15) is 0 Å². The van der Waals surface area contributed by atoms with E-state index >= 15 is 0 Å². The van der Waals surface area contributed by atoms with Gasteiger partial charge < -0.3 is 9.57 Å². The molecule has 3 nitrogen and oxygen atoms in total. The second kappa shape index (κ2) is 5.99. The van der Waals surface area contributed by atoms with Crippen LogP contribution < -0.4 is 5.90 Å². The molecule has 3 heteroatoms. The average molecular weight is 223 g/mol. The van der Waals surface area contributed by atoms with Crippen LogP contribution in [0.2, 0.25) is 0 Å². The molecule has 1 aromatic carbocycles. The fourth-order valence-corrected chi connectivity index (χ4v) is 1.64. The van der Waals surface area contributed by atoms with Crippen molar-refractivity contribution >= 4 is 0 Å². The van der Waals surface area contributed by atoms with Gasteiger partial charge in [-0.15, -0.1) is 0 Å². The average Bonchev–Trinajstić information content (AvgIpc) is 2.26. The van der Waals surface area contributed by atoms with E-state index in [0.29, 0.717) is 6.61 Å². The molecule has 0 aliphatic rings. The molecule has 1 rings (SSSR count). The quantitative estimate of drug-likeness (QED) is 0.751. The Morgan fingerprint density at radius 3 is 2.56 bits per heavy atom. The molecule has 0 aliphatic heterocycles. The van der Waals surface area contributed by atoms with Crippen molar-refractivity contribution in [3.8, 4) is 0 Å². The molecule has 1 aromatic rings. The Kier molecular flexibility index (Phi) is 4.93. The van der Waals surface area contributed by atoms with Gasteiger partial charge in [0.2, 0.25) is 0 Å². The predicted molar refractivity (Wildman–Crippen MR) is 65.1 cm³/mol. The van der Waals surface area contributed by atoms with Crippen LogP contribution in [-0.4, -0.2) is 19.3 Å². The summed E-state index contributed by atoms with van der Waals surface area (Å²) in [5, 5.41) is 0. The van der Waals surface area contributed by atoms with Crippen LogP contribution in [0.1, 0.15) is 25.0 Å². The summed E-state index contributed by atoms with van der Waals surface area (Å²) < 4.78 is 5.42. The standard InChI is InChI=1S/C13H21NO2/c1-13(2,15-3)10-12-6-4-5-11(9-12)7-8-16-14/h4-6,9H,7-8,10,14H2,1-3H3. The van der Waals surface area contributed by atoms with E-state index in [1.807, 2.05) is 0 Å². The Hall–Kier alpha value is -0.900. The van der Waals surface area contributed by atoms with Gasteiger partial charge in [0.05, 0.1) is 12.2 Å². The van der Waals surface area contributed by atoms with Gasteiger partial charge in [-0.25, -0.2) is 5.90 Å². The number of rotatable bonds is 6. The van der Waals surface area contributed by atoms with E-state index < -0.39 is 0 Å². The van der Waals surface area contributed by atoms with Gasteiger partial charge in [0.15, 0.2) is 0 Å². The highest BCUT2D eigenvalue weighted by atomic mass is 16.6. The largest absolute Gasteiger partial charge is 0.378 e. The normalized spacial score (nSPS) is 11.8. The molecule has 0 bridgehead atoms. The van der Waals surface area contributed by atoms with E-state index in [4.69, 9.17) is 10.6 Å². The second-order valence-corrected chi connectivity index (χ2v) is 4.58. The highest BCUT2D eigenvalue weighted by molar-refractivity contribution is 5.24. The van der Waals surface area contributed by atoms with Crippen LogP contribution in [0.15, 0.2) is 24.3 Å². The number of ether oxygens (including phenoxy) is 1. The van der Waals surface area contributed by atoms with Crippen molar-refractivity contribution in [2.45, 2.75) is 32.3 Å². The van der Waals surface area contributed by atoms with Crippen molar-refractivity contribution in [3.05, 3.63) is 35.4 Å². The summed E-state index contributed by atoms with van der Waals surface area (Å²) in [6, 6.07) is 8.45. The van der Waals surface area contributed by atoms with E-state index in [-0.39, 0.29) is 5.60 Å². The van der Waals surface area contributed by atoms with Gasteiger partial charge in [0.25, 0.3) is 0 Å². The minimum absolute atomic E-state index is 0.122.